The maximum absolute atomic E-state index is 13.3. The summed E-state index contributed by atoms with van der Waals surface area (Å²) < 4.78 is 71.9. The fraction of sp³-hybridized carbons (Fsp3) is 0.304. The van der Waals surface area contributed by atoms with Crippen molar-refractivity contribution < 1.29 is 31.1 Å². The molecule has 0 aliphatic carbocycles. The van der Waals surface area contributed by atoms with Crippen LogP contribution in [-0.4, -0.2) is 54.0 Å². The van der Waals surface area contributed by atoms with E-state index >= 15 is 0 Å². The van der Waals surface area contributed by atoms with E-state index in [0.29, 0.717) is 11.1 Å². The highest BCUT2D eigenvalue weighted by Gasteiger charge is 2.36. The first kappa shape index (κ1) is 26.3. The van der Waals surface area contributed by atoms with Crippen LogP contribution in [-0.2, 0) is 20.8 Å². The van der Waals surface area contributed by atoms with Crippen LogP contribution in [0.1, 0.15) is 18.5 Å². The van der Waals surface area contributed by atoms with Crippen LogP contribution >= 0.6 is 23.2 Å². The minimum atomic E-state index is -4.73. The molecular weight excluding hydrogens is 542 g/mol. The highest BCUT2D eigenvalue weighted by atomic mass is 35.5. The molecule has 0 unspecified atom stereocenters. The molecule has 0 spiro atoms. The Morgan fingerprint density at radius 1 is 1.06 bits per heavy atom. The van der Waals surface area contributed by atoms with Crippen LogP contribution in [0, 0.1) is 0 Å². The maximum atomic E-state index is 13.3. The number of nitrogens with zero attached hydrogens (tertiary/aromatic N) is 3. The smallest absolute Gasteiger partial charge is 0.435 e. The minimum absolute atomic E-state index is 0.148. The number of carbonyl (C=O) groups excluding carboxylic acids is 1. The summed E-state index contributed by atoms with van der Waals surface area (Å²) in [7, 11) is -3.59. The van der Waals surface area contributed by atoms with Gasteiger partial charge in [0, 0.05) is 24.2 Å². The van der Waals surface area contributed by atoms with Crippen LogP contribution in [0.25, 0.3) is 5.69 Å². The number of hydrogen-bond acceptors (Lipinski definition) is 5. The van der Waals surface area contributed by atoms with Crippen molar-refractivity contribution in [3.05, 3.63) is 70.3 Å². The molecule has 1 saturated heterocycles. The number of benzene rings is 2. The van der Waals surface area contributed by atoms with Crippen molar-refractivity contribution in [2.24, 2.45) is 0 Å². The molecule has 1 fully saturated rings. The number of alkyl halides is 3. The van der Waals surface area contributed by atoms with Gasteiger partial charge in [-0.3, -0.25) is 4.79 Å². The van der Waals surface area contributed by atoms with Crippen LogP contribution in [0.2, 0.25) is 10.0 Å². The predicted octanol–water partition coefficient (Wildman–Crippen LogP) is 5.04. The molecule has 192 valence electrons. The van der Waals surface area contributed by atoms with Crippen molar-refractivity contribution >= 4 is 38.9 Å². The van der Waals surface area contributed by atoms with Crippen molar-refractivity contribution in [1.82, 2.24) is 14.7 Å². The number of ether oxygens (including phenoxy) is 1. The minimum Gasteiger partial charge on any atom is -0.467 e. The molecule has 3 aromatic rings. The largest absolute Gasteiger partial charge is 0.467 e. The van der Waals surface area contributed by atoms with Gasteiger partial charge in [-0.2, -0.15) is 23.0 Å². The number of aromatic nitrogens is 2. The Hall–Kier alpha value is -2.76. The van der Waals surface area contributed by atoms with E-state index < -0.39 is 39.5 Å². The third-order valence-corrected chi connectivity index (χ3v) is 8.62. The van der Waals surface area contributed by atoms with E-state index in [1.165, 1.54) is 41.3 Å². The first-order valence-corrected chi connectivity index (χ1v) is 13.1. The molecule has 0 radical (unpaired) electrons. The molecule has 7 nitrogen and oxygen atoms in total. The Labute approximate surface area is 215 Å². The molecule has 0 bridgehead atoms. The Kier molecular flexibility index (Phi) is 7.53. The first-order valence-electron chi connectivity index (χ1n) is 10.8. The zero-order chi connectivity index (χ0) is 26.1. The summed E-state index contributed by atoms with van der Waals surface area (Å²) in [6.45, 7) is -0.226. The third kappa shape index (κ3) is 5.63. The van der Waals surface area contributed by atoms with Gasteiger partial charge in [-0.25, -0.2) is 8.42 Å². The maximum Gasteiger partial charge on any atom is 0.435 e. The average molecular weight is 562 g/mol. The van der Waals surface area contributed by atoms with Gasteiger partial charge in [0.25, 0.3) is 5.91 Å². The highest BCUT2D eigenvalue weighted by molar-refractivity contribution is 7.92. The summed E-state index contributed by atoms with van der Waals surface area (Å²) in [6, 6.07) is 12.7. The molecule has 2 heterocycles. The molecule has 1 aromatic heterocycles. The van der Waals surface area contributed by atoms with Gasteiger partial charge in [-0.15, -0.1) is 0 Å². The van der Waals surface area contributed by atoms with E-state index in [2.05, 4.69) is 5.10 Å². The van der Waals surface area contributed by atoms with Crippen LogP contribution in [0.15, 0.2) is 59.5 Å². The molecule has 2 aromatic carbocycles. The van der Waals surface area contributed by atoms with E-state index in [4.69, 9.17) is 27.9 Å². The fourth-order valence-corrected chi connectivity index (χ4v) is 5.93. The molecule has 1 amide bonds. The molecule has 36 heavy (non-hydrogen) atoms. The quantitative estimate of drug-likeness (QED) is 0.421. The lowest BCUT2D eigenvalue weighted by molar-refractivity contribution is -0.141. The van der Waals surface area contributed by atoms with Crippen molar-refractivity contribution in [1.29, 1.82) is 0 Å². The van der Waals surface area contributed by atoms with Crippen molar-refractivity contribution in [2.45, 2.75) is 29.2 Å². The number of rotatable bonds is 6. The molecule has 1 aliphatic heterocycles. The Balaban J connectivity index is 1.42. The fourth-order valence-electron chi connectivity index (χ4n) is 3.86. The molecule has 4 rings (SSSR count). The Morgan fingerprint density at radius 3 is 2.31 bits per heavy atom. The molecular formula is C23H20Cl2F3N3O4S. The molecule has 0 saturated carbocycles. The van der Waals surface area contributed by atoms with Crippen LogP contribution in [0.5, 0.6) is 5.88 Å². The van der Waals surface area contributed by atoms with Crippen LogP contribution in [0.4, 0.5) is 13.2 Å². The number of piperidine rings is 1. The Morgan fingerprint density at radius 2 is 1.69 bits per heavy atom. The number of para-hydroxylation sites is 1. The monoisotopic (exact) mass is 561 g/mol. The molecule has 13 heteroatoms. The lowest BCUT2D eigenvalue weighted by atomic mass is 10.1. The molecule has 0 atom stereocenters. The lowest BCUT2D eigenvalue weighted by Crippen LogP contribution is -2.44. The van der Waals surface area contributed by atoms with E-state index in [1.807, 2.05) is 0 Å². The second-order valence-corrected chi connectivity index (χ2v) is 11.2. The van der Waals surface area contributed by atoms with Crippen molar-refractivity contribution in [3.63, 3.8) is 0 Å². The molecule has 0 N–H and O–H groups in total. The van der Waals surface area contributed by atoms with Gasteiger partial charge in [0.15, 0.2) is 22.1 Å². The van der Waals surface area contributed by atoms with Gasteiger partial charge < -0.3 is 9.64 Å². The predicted molar refractivity (Wildman–Crippen MR) is 127 cm³/mol. The van der Waals surface area contributed by atoms with Gasteiger partial charge in [0.1, 0.15) is 0 Å². The first-order chi connectivity index (χ1) is 17.0. The Bertz CT molecular complexity index is 1350. The van der Waals surface area contributed by atoms with E-state index in [1.54, 1.807) is 12.1 Å². The van der Waals surface area contributed by atoms with Crippen molar-refractivity contribution in [3.8, 4) is 11.6 Å². The van der Waals surface area contributed by atoms with E-state index in [-0.39, 0.29) is 47.4 Å². The number of sulfone groups is 1. The topological polar surface area (TPSA) is 81.5 Å². The SMILES string of the molecule is O=C(COc1cc(C(F)(F)F)nn1-c1ccccc1Cl)N1CCC(S(=O)(=O)c2ccc(Cl)cc2)CC1. The summed E-state index contributed by atoms with van der Waals surface area (Å²) in [4.78, 5) is 14.3. The number of amides is 1. The molecule has 1 aliphatic rings. The number of carbonyl (C=O) groups is 1. The van der Waals surface area contributed by atoms with Gasteiger partial charge in [-0.1, -0.05) is 35.3 Å². The normalized spacial score (nSPS) is 15.2. The second kappa shape index (κ2) is 10.3. The van der Waals surface area contributed by atoms with Gasteiger partial charge in [-0.05, 0) is 49.2 Å². The number of hydrogen-bond donors (Lipinski definition) is 0. The average Bonchev–Trinajstić information content (AvgIpc) is 3.28. The summed E-state index contributed by atoms with van der Waals surface area (Å²) in [6.07, 6.45) is -4.30. The van der Waals surface area contributed by atoms with E-state index in [0.717, 1.165) is 4.68 Å². The highest BCUT2D eigenvalue weighted by Crippen LogP contribution is 2.33. The zero-order valence-corrected chi connectivity index (χ0v) is 20.9. The standard InChI is InChI=1S/C23H20Cl2F3N3O4S/c24-15-5-7-16(8-6-15)36(33,34)17-9-11-30(12-10-17)21(32)14-35-22-13-20(23(26,27)28)29-31(22)19-4-2-1-3-18(19)25/h1-8,13,17H,9-12,14H2. The van der Waals surface area contributed by atoms with Gasteiger partial charge in [0.05, 0.1) is 20.9 Å². The summed E-state index contributed by atoms with van der Waals surface area (Å²) in [5, 5.41) is 3.46. The van der Waals surface area contributed by atoms with E-state index in [9.17, 15) is 26.4 Å². The summed E-state index contributed by atoms with van der Waals surface area (Å²) >= 11 is 11.9. The van der Waals surface area contributed by atoms with Crippen LogP contribution in [0.3, 0.4) is 0 Å². The summed E-state index contributed by atoms with van der Waals surface area (Å²) in [5.74, 6) is -0.790. The van der Waals surface area contributed by atoms with Gasteiger partial charge in [0.2, 0.25) is 5.88 Å². The zero-order valence-electron chi connectivity index (χ0n) is 18.6. The number of likely N-dealkylation sites (tertiary alicyclic amines) is 1. The second-order valence-electron chi connectivity index (χ2n) is 8.10. The third-order valence-electron chi connectivity index (χ3n) is 5.77. The van der Waals surface area contributed by atoms with Crippen LogP contribution < -0.4 is 4.74 Å². The summed E-state index contributed by atoms with van der Waals surface area (Å²) in [5.41, 5.74) is -1.04. The number of halogens is 5. The lowest BCUT2D eigenvalue weighted by Gasteiger charge is -2.31. The van der Waals surface area contributed by atoms with Crippen molar-refractivity contribution in [2.75, 3.05) is 19.7 Å². The van der Waals surface area contributed by atoms with Gasteiger partial charge >= 0.3 is 6.18 Å².